The second-order valence-corrected chi connectivity index (χ2v) is 4.10. The van der Waals surface area contributed by atoms with Gasteiger partial charge in [-0.05, 0) is 18.8 Å². The molecule has 0 aromatic carbocycles. The van der Waals surface area contributed by atoms with Crippen LogP contribution in [0.25, 0.3) is 0 Å². The lowest BCUT2D eigenvalue weighted by molar-refractivity contribution is 0.113. The van der Waals surface area contributed by atoms with Gasteiger partial charge in [0.1, 0.15) is 0 Å². The van der Waals surface area contributed by atoms with Crippen LogP contribution in [0.15, 0.2) is 11.7 Å². The average molecular weight is 185 g/mol. The van der Waals surface area contributed by atoms with Crippen LogP contribution < -0.4 is 0 Å². The van der Waals surface area contributed by atoms with Crippen LogP contribution >= 0.6 is 11.3 Å². The van der Waals surface area contributed by atoms with Crippen LogP contribution in [-0.2, 0) is 6.42 Å². The van der Waals surface area contributed by atoms with Crippen LogP contribution in [-0.4, -0.2) is 16.2 Å². The summed E-state index contributed by atoms with van der Waals surface area (Å²) in [5.41, 5.74) is 1.83. The fourth-order valence-corrected chi connectivity index (χ4v) is 1.94. The van der Waals surface area contributed by atoms with Gasteiger partial charge in [-0.1, -0.05) is 13.8 Å². The molecule has 0 aliphatic carbocycles. The van der Waals surface area contributed by atoms with Crippen molar-refractivity contribution in [1.82, 2.24) is 4.98 Å². The molecule has 2 nitrogen and oxygen atoms in total. The SMILES string of the molecule is CCC(O)C(C)Cc1cncs1. The maximum atomic E-state index is 9.51. The van der Waals surface area contributed by atoms with Crippen LogP contribution in [0.5, 0.6) is 0 Å². The van der Waals surface area contributed by atoms with Crippen molar-refractivity contribution in [2.45, 2.75) is 32.8 Å². The Kier molecular flexibility index (Phi) is 3.69. The minimum absolute atomic E-state index is 0.174. The van der Waals surface area contributed by atoms with Gasteiger partial charge in [0, 0.05) is 11.1 Å². The normalized spacial score (nSPS) is 15.9. The van der Waals surface area contributed by atoms with Crippen molar-refractivity contribution in [1.29, 1.82) is 0 Å². The third-order valence-electron chi connectivity index (χ3n) is 2.08. The Labute approximate surface area is 77.3 Å². The Morgan fingerprint density at radius 2 is 2.42 bits per heavy atom. The van der Waals surface area contributed by atoms with Crippen LogP contribution in [0.2, 0.25) is 0 Å². The van der Waals surface area contributed by atoms with Crippen molar-refractivity contribution < 1.29 is 5.11 Å². The van der Waals surface area contributed by atoms with E-state index in [2.05, 4.69) is 11.9 Å². The molecule has 1 rings (SSSR count). The van der Waals surface area contributed by atoms with E-state index in [1.165, 1.54) is 4.88 Å². The zero-order valence-corrected chi connectivity index (χ0v) is 8.34. The van der Waals surface area contributed by atoms with E-state index >= 15 is 0 Å². The highest BCUT2D eigenvalue weighted by molar-refractivity contribution is 7.09. The summed E-state index contributed by atoms with van der Waals surface area (Å²) in [6, 6.07) is 0. The van der Waals surface area contributed by atoms with Crippen molar-refractivity contribution in [3.05, 3.63) is 16.6 Å². The van der Waals surface area contributed by atoms with Crippen molar-refractivity contribution in [3.63, 3.8) is 0 Å². The lowest BCUT2D eigenvalue weighted by Gasteiger charge is -2.15. The smallest absolute Gasteiger partial charge is 0.0794 e. The summed E-state index contributed by atoms with van der Waals surface area (Å²) >= 11 is 1.66. The van der Waals surface area contributed by atoms with Gasteiger partial charge in [-0.2, -0.15) is 0 Å². The molecule has 0 amide bonds. The minimum atomic E-state index is -0.174. The van der Waals surface area contributed by atoms with E-state index in [1.807, 2.05) is 18.6 Å². The van der Waals surface area contributed by atoms with Gasteiger partial charge in [0.05, 0.1) is 11.6 Å². The molecule has 1 aromatic heterocycles. The highest BCUT2D eigenvalue weighted by Gasteiger charge is 2.12. The molecule has 68 valence electrons. The minimum Gasteiger partial charge on any atom is -0.393 e. The van der Waals surface area contributed by atoms with E-state index in [0.717, 1.165) is 12.8 Å². The molecular weight excluding hydrogens is 170 g/mol. The molecule has 2 unspecified atom stereocenters. The van der Waals surface area contributed by atoms with Crippen LogP contribution in [0.1, 0.15) is 25.1 Å². The molecule has 12 heavy (non-hydrogen) atoms. The summed E-state index contributed by atoms with van der Waals surface area (Å²) in [7, 11) is 0. The number of aliphatic hydroxyl groups is 1. The number of rotatable bonds is 4. The monoisotopic (exact) mass is 185 g/mol. The Morgan fingerprint density at radius 3 is 2.92 bits per heavy atom. The highest BCUT2D eigenvalue weighted by atomic mass is 32.1. The third kappa shape index (κ3) is 2.57. The Balaban J connectivity index is 2.41. The first-order valence-electron chi connectivity index (χ1n) is 4.29. The number of thiazole rings is 1. The fraction of sp³-hybridized carbons (Fsp3) is 0.667. The molecule has 0 saturated heterocycles. The molecule has 0 aliphatic heterocycles. The van der Waals surface area contributed by atoms with Crippen LogP contribution in [0.4, 0.5) is 0 Å². The molecular formula is C9H15NOS. The van der Waals surface area contributed by atoms with Crippen molar-refractivity contribution in [3.8, 4) is 0 Å². The maximum Gasteiger partial charge on any atom is 0.0794 e. The van der Waals surface area contributed by atoms with E-state index in [4.69, 9.17) is 0 Å². The quantitative estimate of drug-likeness (QED) is 0.779. The first-order chi connectivity index (χ1) is 5.74. The van der Waals surface area contributed by atoms with Gasteiger partial charge in [0.2, 0.25) is 0 Å². The molecule has 2 atom stereocenters. The molecule has 1 heterocycles. The molecule has 0 spiro atoms. The molecule has 1 aromatic rings. The number of nitrogens with zero attached hydrogens (tertiary/aromatic N) is 1. The number of aromatic nitrogens is 1. The van der Waals surface area contributed by atoms with E-state index in [1.54, 1.807) is 11.3 Å². The molecule has 3 heteroatoms. The number of hydrogen-bond donors (Lipinski definition) is 1. The standard InChI is InChI=1S/C9H15NOS/c1-3-9(11)7(2)4-8-5-10-6-12-8/h5-7,9,11H,3-4H2,1-2H3. The summed E-state index contributed by atoms with van der Waals surface area (Å²) in [6.45, 7) is 4.09. The van der Waals surface area contributed by atoms with Gasteiger partial charge in [0.25, 0.3) is 0 Å². The molecule has 0 radical (unpaired) electrons. The van der Waals surface area contributed by atoms with Gasteiger partial charge in [-0.15, -0.1) is 11.3 Å². The van der Waals surface area contributed by atoms with Crippen LogP contribution in [0.3, 0.4) is 0 Å². The maximum absolute atomic E-state index is 9.51. The predicted octanol–water partition coefficient (Wildman–Crippen LogP) is 2.09. The van der Waals surface area contributed by atoms with Crippen molar-refractivity contribution in [2.24, 2.45) is 5.92 Å². The number of aliphatic hydroxyl groups excluding tert-OH is 1. The van der Waals surface area contributed by atoms with E-state index in [0.29, 0.717) is 5.92 Å². The van der Waals surface area contributed by atoms with Gasteiger partial charge in [0.15, 0.2) is 0 Å². The zero-order chi connectivity index (χ0) is 8.97. The Bertz CT molecular complexity index is 210. The molecule has 0 saturated carbocycles. The Hall–Kier alpha value is -0.410. The zero-order valence-electron chi connectivity index (χ0n) is 7.53. The third-order valence-corrected chi connectivity index (χ3v) is 2.88. The topological polar surface area (TPSA) is 33.1 Å². The fourth-order valence-electron chi connectivity index (χ4n) is 1.20. The van der Waals surface area contributed by atoms with Gasteiger partial charge >= 0.3 is 0 Å². The molecule has 0 bridgehead atoms. The number of hydrogen-bond acceptors (Lipinski definition) is 3. The van der Waals surface area contributed by atoms with Crippen molar-refractivity contribution >= 4 is 11.3 Å². The summed E-state index contributed by atoms with van der Waals surface area (Å²) in [4.78, 5) is 5.26. The van der Waals surface area contributed by atoms with Gasteiger partial charge < -0.3 is 5.11 Å². The van der Waals surface area contributed by atoms with E-state index in [-0.39, 0.29) is 6.10 Å². The predicted molar refractivity (Wildman–Crippen MR) is 51.3 cm³/mol. The van der Waals surface area contributed by atoms with Crippen LogP contribution in [0, 0.1) is 5.92 Å². The summed E-state index contributed by atoms with van der Waals surface area (Å²) in [5, 5.41) is 9.51. The molecule has 1 N–H and O–H groups in total. The van der Waals surface area contributed by atoms with Crippen molar-refractivity contribution in [2.75, 3.05) is 0 Å². The first kappa shape index (κ1) is 9.68. The summed E-state index contributed by atoms with van der Waals surface area (Å²) < 4.78 is 0. The molecule has 0 aliphatic rings. The molecule has 0 fully saturated rings. The summed E-state index contributed by atoms with van der Waals surface area (Å²) in [6.07, 6.45) is 3.48. The van der Waals surface area contributed by atoms with Gasteiger partial charge in [-0.25, -0.2) is 0 Å². The summed E-state index contributed by atoms with van der Waals surface area (Å²) in [5.74, 6) is 0.343. The van der Waals surface area contributed by atoms with Gasteiger partial charge in [-0.3, -0.25) is 4.98 Å². The highest BCUT2D eigenvalue weighted by Crippen LogP contribution is 2.16. The first-order valence-corrected chi connectivity index (χ1v) is 5.17. The lowest BCUT2D eigenvalue weighted by Crippen LogP contribution is -2.17. The average Bonchev–Trinajstić information content (AvgIpc) is 2.55. The lowest BCUT2D eigenvalue weighted by atomic mass is 9.99. The van der Waals surface area contributed by atoms with E-state index in [9.17, 15) is 5.11 Å². The largest absolute Gasteiger partial charge is 0.393 e. The second-order valence-electron chi connectivity index (χ2n) is 3.12. The Morgan fingerprint density at radius 1 is 1.67 bits per heavy atom. The second kappa shape index (κ2) is 4.58. The van der Waals surface area contributed by atoms with E-state index < -0.39 is 0 Å².